The molecule has 5 aromatic carbocycles. The van der Waals surface area contributed by atoms with E-state index in [1.54, 1.807) is 18.3 Å². The van der Waals surface area contributed by atoms with Gasteiger partial charge in [-0.15, -0.1) is 0 Å². The van der Waals surface area contributed by atoms with Crippen molar-refractivity contribution >= 4 is 39.3 Å². The standard InChI is InChI=1S/C38H22N4O2/c39-21-24-18-28(23-40-22-24)27-16-17-31-30-12-4-5-14-33(30)42(35(31)20-27)34-15-7-13-32-36(34)38(44)41(37(32)43)29-11-6-10-26(19-29)25-8-2-1-3-9-25/h1-20,22-23H. The van der Waals surface area contributed by atoms with Gasteiger partial charge in [-0.2, -0.15) is 5.26 Å². The number of hydrogen-bond acceptors (Lipinski definition) is 4. The number of fused-ring (bicyclic) bond motifs is 4. The highest BCUT2D eigenvalue weighted by Crippen LogP contribution is 2.39. The number of anilines is 1. The van der Waals surface area contributed by atoms with E-state index < -0.39 is 0 Å². The summed E-state index contributed by atoms with van der Waals surface area (Å²) in [7, 11) is 0. The van der Waals surface area contributed by atoms with E-state index >= 15 is 0 Å². The van der Waals surface area contributed by atoms with Gasteiger partial charge in [-0.05, 0) is 59.2 Å². The number of rotatable bonds is 4. The molecule has 2 aromatic heterocycles. The topological polar surface area (TPSA) is 79.0 Å². The summed E-state index contributed by atoms with van der Waals surface area (Å²) in [5, 5.41) is 11.5. The summed E-state index contributed by atoms with van der Waals surface area (Å²) in [4.78, 5) is 33.6. The molecule has 0 radical (unpaired) electrons. The first-order valence-electron chi connectivity index (χ1n) is 14.2. The van der Waals surface area contributed by atoms with E-state index in [4.69, 9.17) is 0 Å². The van der Waals surface area contributed by atoms with Crippen molar-refractivity contribution in [2.75, 3.05) is 4.90 Å². The Balaban J connectivity index is 1.32. The minimum Gasteiger partial charge on any atom is -0.308 e. The number of pyridine rings is 1. The van der Waals surface area contributed by atoms with Crippen molar-refractivity contribution in [1.29, 1.82) is 5.26 Å². The summed E-state index contributed by atoms with van der Waals surface area (Å²) >= 11 is 0. The van der Waals surface area contributed by atoms with Gasteiger partial charge in [-0.3, -0.25) is 14.6 Å². The number of aromatic nitrogens is 2. The van der Waals surface area contributed by atoms with Crippen molar-refractivity contribution in [3.05, 3.63) is 150 Å². The maximum Gasteiger partial charge on any atom is 0.268 e. The third kappa shape index (κ3) is 3.84. The third-order valence-electron chi connectivity index (χ3n) is 8.22. The Hall–Kier alpha value is -6.32. The van der Waals surface area contributed by atoms with Crippen molar-refractivity contribution < 1.29 is 9.59 Å². The van der Waals surface area contributed by atoms with Gasteiger partial charge in [-0.25, -0.2) is 4.90 Å². The second-order valence-corrected chi connectivity index (χ2v) is 10.7. The number of nitrogens with zero attached hydrogens (tertiary/aromatic N) is 4. The van der Waals surface area contributed by atoms with E-state index in [9.17, 15) is 14.9 Å². The maximum absolute atomic E-state index is 14.3. The molecule has 0 saturated heterocycles. The summed E-state index contributed by atoms with van der Waals surface area (Å²) < 4.78 is 2.06. The highest BCUT2D eigenvalue weighted by atomic mass is 16.2. The number of carbonyl (C=O) groups is 2. The van der Waals surface area contributed by atoms with E-state index in [1.165, 1.54) is 11.1 Å². The predicted octanol–water partition coefficient (Wildman–Crippen LogP) is 8.18. The smallest absolute Gasteiger partial charge is 0.268 e. The molecule has 0 saturated carbocycles. The van der Waals surface area contributed by atoms with E-state index in [0.29, 0.717) is 28.1 Å². The Morgan fingerprint density at radius 2 is 1.34 bits per heavy atom. The molecule has 3 heterocycles. The first-order chi connectivity index (χ1) is 21.6. The second-order valence-electron chi connectivity index (χ2n) is 10.7. The number of benzene rings is 5. The Kier molecular flexibility index (Phi) is 5.71. The van der Waals surface area contributed by atoms with Crippen LogP contribution in [0.25, 0.3) is 49.7 Å². The largest absolute Gasteiger partial charge is 0.308 e. The van der Waals surface area contributed by atoms with Gasteiger partial charge in [-0.1, -0.05) is 78.9 Å². The van der Waals surface area contributed by atoms with Gasteiger partial charge >= 0.3 is 0 Å². The number of nitriles is 1. The SMILES string of the molecule is N#Cc1cncc(-c2ccc3c4ccccc4n(-c4cccc5c4C(=O)N(c4cccc(-c6ccccc6)c4)C5=O)c3c2)c1. The molecule has 0 N–H and O–H groups in total. The van der Waals surface area contributed by atoms with Crippen molar-refractivity contribution in [1.82, 2.24) is 9.55 Å². The minimum absolute atomic E-state index is 0.349. The number of hydrogen-bond donors (Lipinski definition) is 0. The van der Waals surface area contributed by atoms with Crippen molar-refractivity contribution in [2.24, 2.45) is 0 Å². The fraction of sp³-hybridized carbons (Fsp3) is 0. The maximum atomic E-state index is 14.3. The van der Waals surface area contributed by atoms with Crippen LogP contribution in [0.15, 0.2) is 134 Å². The van der Waals surface area contributed by atoms with Crippen molar-refractivity contribution in [3.8, 4) is 34.0 Å². The lowest BCUT2D eigenvalue weighted by molar-refractivity contribution is 0.0926. The third-order valence-corrected chi connectivity index (χ3v) is 8.22. The van der Waals surface area contributed by atoms with Crippen LogP contribution in [-0.2, 0) is 0 Å². The molecule has 6 nitrogen and oxygen atoms in total. The molecule has 7 aromatic rings. The zero-order chi connectivity index (χ0) is 29.8. The normalized spacial score (nSPS) is 12.6. The average molecular weight is 567 g/mol. The number of para-hydroxylation sites is 1. The number of carbonyl (C=O) groups excluding carboxylic acids is 2. The minimum atomic E-state index is -0.362. The average Bonchev–Trinajstić information content (AvgIpc) is 3.55. The van der Waals surface area contributed by atoms with Gasteiger partial charge in [0.05, 0.1) is 39.1 Å². The van der Waals surface area contributed by atoms with E-state index in [1.807, 2.05) is 91.0 Å². The predicted molar refractivity (Wildman–Crippen MR) is 172 cm³/mol. The molecule has 6 heteroatoms. The highest BCUT2D eigenvalue weighted by molar-refractivity contribution is 6.36. The van der Waals surface area contributed by atoms with Gasteiger partial charge < -0.3 is 4.57 Å². The van der Waals surface area contributed by atoms with Gasteiger partial charge in [0, 0.05) is 28.7 Å². The van der Waals surface area contributed by atoms with Crippen LogP contribution in [0.3, 0.4) is 0 Å². The molecule has 2 amide bonds. The molecule has 1 aliphatic heterocycles. The van der Waals surface area contributed by atoms with Crippen LogP contribution in [-0.4, -0.2) is 21.4 Å². The monoisotopic (exact) mass is 566 g/mol. The van der Waals surface area contributed by atoms with Crippen molar-refractivity contribution in [3.63, 3.8) is 0 Å². The Morgan fingerprint density at radius 3 is 2.20 bits per heavy atom. The Bertz CT molecular complexity index is 2350. The first-order valence-corrected chi connectivity index (χ1v) is 14.2. The van der Waals surface area contributed by atoms with Gasteiger partial charge in [0.2, 0.25) is 0 Å². The molecular formula is C38H22N4O2. The van der Waals surface area contributed by atoms with Crippen LogP contribution in [0.1, 0.15) is 26.3 Å². The summed E-state index contributed by atoms with van der Waals surface area (Å²) in [5.41, 5.74) is 7.79. The fourth-order valence-electron chi connectivity index (χ4n) is 6.21. The second kappa shape index (κ2) is 9.90. The number of amides is 2. The molecular weight excluding hydrogens is 544 g/mol. The Morgan fingerprint density at radius 1 is 0.591 bits per heavy atom. The van der Waals surface area contributed by atoms with Crippen molar-refractivity contribution in [2.45, 2.75) is 0 Å². The fourth-order valence-corrected chi connectivity index (χ4v) is 6.21. The highest BCUT2D eigenvalue weighted by Gasteiger charge is 2.39. The molecule has 0 bridgehead atoms. The van der Waals surface area contributed by atoms with Crippen LogP contribution in [0.5, 0.6) is 0 Å². The van der Waals surface area contributed by atoms with E-state index in [0.717, 1.165) is 44.1 Å². The summed E-state index contributed by atoms with van der Waals surface area (Å²) in [6.45, 7) is 0. The van der Waals surface area contributed by atoms with Crippen LogP contribution in [0.2, 0.25) is 0 Å². The summed E-state index contributed by atoms with van der Waals surface area (Å²) in [5.74, 6) is -0.711. The lowest BCUT2D eigenvalue weighted by Gasteiger charge is -2.16. The molecule has 0 atom stereocenters. The molecule has 0 spiro atoms. The van der Waals surface area contributed by atoms with Gasteiger partial charge in [0.25, 0.3) is 11.8 Å². The first kappa shape index (κ1) is 25.4. The van der Waals surface area contributed by atoms with E-state index in [2.05, 4.69) is 33.8 Å². The zero-order valence-corrected chi connectivity index (χ0v) is 23.3. The van der Waals surface area contributed by atoms with Crippen LogP contribution in [0.4, 0.5) is 5.69 Å². The van der Waals surface area contributed by atoms with Gasteiger partial charge in [0.15, 0.2) is 0 Å². The molecule has 8 rings (SSSR count). The summed E-state index contributed by atoms with van der Waals surface area (Å²) in [6.07, 6.45) is 3.27. The molecule has 44 heavy (non-hydrogen) atoms. The van der Waals surface area contributed by atoms with E-state index in [-0.39, 0.29) is 11.8 Å². The van der Waals surface area contributed by atoms with Crippen LogP contribution in [0, 0.1) is 11.3 Å². The van der Waals surface area contributed by atoms with Crippen LogP contribution >= 0.6 is 0 Å². The Labute approximate surface area is 252 Å². The zero-order valence-electron chi connectivity index (χ0n) is 23.3. The lowest BCUT2D eigenvalue weighted by atomic mass is 10.0. The van der Waals surface area contributed by atoms with Gasteiger partial charge in [0.1, 0.15) is 6.07 Å². The molecule has 0 aliphatic carbocycles. The quantitative estimate of drug-likeness (QED) is 0.201. The lowest BCUT2D eigenvalue weighted by Crippen LogP contribution is -2.29. The summed E-state index contributed by atoms with van der Waals surface area (Å²) in [6, 6.07) is 41.0. The van der Waals surface area contributed by atoms with Crippen LogP contribution < -0.4 is 4.90 Å². The molecule has 1 aliphatic rings. The molecule has 206 valence electrons. The number of imide groups is 1. The molecule has 0 fully saturated rings. The molecule has 0 unspecified atom stereocenters.